The molecule has 1 aliphatic rings. The van der Waals surface area contributed by atoms with E-state index < -0.39 is 0 Å². The van der Waals surface area contributed by atoms with Crippen LogP contribution in [0.3, 0.4) is 0 Å². The molecule has 15 heavy (non-hydrogen) atoms. The molecule has 0 saturated carbocycles. The third-order valence-corrected chi connectivity index (χ3v) is 2.73. The van der Waals surface area contributed by atoms with Crippen molar-refractivity contribution in [1.29, 1.82) is 0 Å². The molecule has 1 unspecified atom stereocenters. The third kappa shape index (κ3) is 4.01. The van der Waals surface area contributed by atoms with Crippen molar-refractivity contribution in [2.75, 3.05) is 33.2 Å². The Hall–Kier alpha value is -0.870. The molecule has 0 aliphatic carbocycles. The van der Waals surface area contributed by atoms with Crippen LogP contribution in [0, 0.1) is 0 Å². The Labute approximate surface area is 91.7 Å². The Morgan fingerprint density at radius 1 is 1.67 bits per heavy atom. The molecule has 1 atom stereocenters. The summed E-state index contributed by atoms with van der Waals surface area (Å²) in [4.78, 5) is 13.7. The zero-order valence-corrected chi connectivity index (χ0v) is 9.46. The van der Waals surface area contributed by atoms with Crippen LogP contribution in [-0.4, -0.2) is 50.1 Å². The molecule has 0 spiro atoms. The van der Waals surface area contributed by atoms with Gasteiger partial charge in [-0.3, -0.25) is 9.69 Å². The van der Waals surface area contributed by atoms with E-state index >= 15 is 0 Å². The molecule has 1 fully saturated rings. The van der Waals surface area contributed by atoms with Crippen molar-refractivity contribution in [3.63, 3.8) is 0 Å². The van der Waals surface area contributed by atoms with E-state index in [9.17, 15) is 4.79 Å². The van der Waals surface area contributed by atoms with Crippen molar-refractivity contribution in [3.05, 3.63) is 12.7 Å². The molecule has 4 heteroatoms. The summed E-state index contributed by atoms with van der Waals surface area (Å²) in [6, 6.07) is 0.518. The Bertz CT molecular complexity index is 218. The van der Waals surface area contributed by atoms with Gasteiger partial charge in [0, 0.05) is 19.1 Å². The van der Waals surface area contributed by atoms with Crippen molar-refractivity contribution in [2.24, 2.45) is 0 Å². The Morgan fingerprint density at radius 3 is 3.13 bits per heavy atom. The van der Waals surface area contributed by atoms with E-state index in [0.29, 0.717) is 19.1 Å². The van der Waals surface area contributed by atoms with E-state index in [4.69, 9.17) is 0 Å². The van der Waals surface area contributed by atoms with Crippen molar-refractivity contribution >= 4 is 5.91 Å². The highest BCUT2D eigenvalue weighted by Gasteiger charge is 2.24. The topological polar surface area (TPSA) is 44.4 Å². The molecule has 0 aromatic heterocycles. The second-order valence-corrected chi connectivity index (χ2v) is 3.92. The molecule has 1 amide bonds. The van der Waals surface area contributed by atoms with Gasteiger partial charge in [0.2, 0.25) is 5.91 Å². The minimum atomic E-state index is 0.0953. The number of carbonyl (C=O) groups excluding carboxylic acids is 1. The highest BCUT2D eigenvalue weighted by atomic mass is 16.2. The van der Waals surface area contributed by atoms with Crippen molar-refractivity contribution in [2.45, 2.75) is 18.9 Å². The minimum Gasteiger partial charge on any atom is -0.352 e. The van der Waals surface area contributed by atoms with Crippen molar-refractivity contribution in [3.8, 4) is 0 Å². The first-order valence-corrected chi connectivity index (χ1v) is 5.54. The van der Waals surface area contributed by atoms with Crippen LogP contribution >= 0.6 is 0 Å². The number of hydrogen-bond acceptors (Lipinski definition) is 3. The highest BCUT2D eigenvalue weighted by molar-refractivity contribution is 5.78. The molecule has 2 N–H and O–H groups in total. The van der Waals surface area contributed by atoms with E-state index in [1.54, 1.807) is 6.08 Å². The summed E-state index contributed by atoms with van der Waals surface area (Å²) in [5, 5.41) is 5.97. The van der Waals surface area contributed by atoms with Gasteiger partial charge in [0.05, 0.1) is 6.54 Å². The molecule has 0 radical (unpaired) electrons. The second kappa shape index (κ2) is 6.58. The van der Waals surface area contributed by atoms with Gasteiger partial charge < -0.3 is 10.6 Å². The third-order valence-electron chi connectivity index (χ3n) is 2.73. The Balaban J connectivity index is 2.29. The summed E-state index contributed by atoms with van der Waals surface area (Å²) in [6.45, 7) is 6.65. The van der Waals surface area contributed by atoms with Gasteiger partial charge in [0.15, 0.2) is 0 Å². The lowest BCUT2D eigenvalue weighted by Crippen LogP contribution is -2.43. The maximum absolute atomic E-state index is 11.5. The summed E-state index contributed by atoms with van der Waals surface area (Å²) < 4.78 is 0. The second-order valence-electron chi connectivity index (χ2n) is 3.92. The lowest BCUT2D eigenvalue weighted by atomic mass is 10.2. The Kier molecular flexibility index (Phi) is 5.36. The smallest absolute Gasteiger partial charge is 0.234 e. The molecule has 0 aromatic carbocycles. The Morgan fingerprint density at radius 2 is 2.47 bits per heavy atom. The normalized spacial score (nSPS) is 21.5. The molecule has 4 nitrogen and oxygen atoms in total. The molecule has 1 rings (SSSR count). The van der Waals surface area contributed by atoms with E-state index in [1.165, 1.54) is 12.8 Å². The van der Waals surface area contributed by atoms with Crippen LogP contribution in [0.2, 0.25) is 0 Å². The average Bonchev–Trinajstić information content (AvgIpc) is 2.63. The fourth-order valence-electron chi connectivity index (χ4n) is 2.00. The van der Waals surface area contributed by atoms with Gasteiger partial charge in [-0.25, -0.2) is 0 Å². The van der Waals surface area contributed by atoms with Crippen molar-refractivity contribution < 1.29 is 4.79 Å². The molecule has 0 aromatic rings. The number of likely N-dealkylation sites (tertiary alicyclic amines) is 1. The van der Waals surface area contributed by atoms with Crippen LogP contribution in [0.4, 0.5) is 0 Å². The highest BCUT2D eigenvalue weighted by Crippen LogP contribution is 2.15. The average molecular weight is 211 g/mol. The molecule has 0 bridgehead atoms. The molecule has 86 valence electrons. The van der Waals surface area contributed by atoms with Gasteiger partial charge >= 0.3 is 0 Å². The summed E-state index contributed by atoms with van der Waals surface area (Å²) in [6.07, 6.45) is 4.09. The van der Waals surface area contributed by atoms with E-state index in [-0.39, 0.29) is 5.91 Å². The van der Waals surface area contributed by atoms with Gasteiger partial charge in [-0.1, -0.05) is 6.08 Å². The van der Waals surface area contributed by atoms with Gasteiger partial charge in [-0.05, 0) is 26.4 Å². The summed E-state index contributed by atoms with van der Waals surface area (Å²) in [5.41, 5.74) is 0. The zero-order valence-electron chi connectivity index (χ0n) is 9.46. The molecule has 1 heterocycles. The lowest BCUT2D eigenvalue weighted by Gasteiger charge is -2.23. The largest absolute Gasteiger partial charge is 0.352 e. The van der Waals surface area contributed by atoms with Crippen LogP contribution in [-0.2, 0) is 4.79 Å². The molecular weight excluding hydrogens is 190 g/mol. The summed E-state index contributed by atoms with van der Waals surface area (Å²) in [5.74, 6) is 0.0953. The predicted molar refractivity (Wildman–Crippen MR) is 61.7 cm³/mol. The lowest BCUT2D eigenvalue weighted by molar-refractivity contribution is -0.122. The number of carbonyl (C=O) groups is 1. The minimum absolute atomic E-state index is 0.0953. The zero-order chi connectivity index (χ0) is 11.1. The van der Waals surface area contributed by atoms with Crippen LogP contribution in [0.5, 0.6) is 0 Å². The molecular formula is C11H21N3O. The van der Waals surface area contributed by atoms with Gasteiger partial charge in [-0.15, -0.1) is 6.58 Å². The number of likely N-dealkylation sites (N-methyl/N-ethyl adjacent to an activating group) is 1. The van der Waals surface area contributed by atoms with Crippen LogP contribution in [0.1, 0.15) is 12.8 Å². The number of nitrogens with one attached hydrogen (secondary N) is 2. The molecule has 1 saturated heterocycles. The predicted octanol–water partition coefficient (Wildman–Crippen LogP) is -0.0276. The van der Waals surface area contributed by atoms with E-state index in [1.807, 2.05) is 7.05 Å². The van der Waals surface area contributed by atoms with E-state index in [2.05, 4.69) is 22.1 Å². The monoisotopic (exact) mass is 211 g/mol. The van der Waals surface area contributed by atoms with E-state index in [0.717, 1.165) is 13.1 Å². The SMILES string of the molecule is C=CCNC(=O)CN1CCCC1CNC. The standard InChI is InChI=1S/C11H21N3O/c1-3-6-13-11(15)9-14-7-4-5-10(14)8-12-2/h3,10,12H,1,4-9H2,2H3,(H,13,15). The van der Waals surface area contributed by atoms with Crippen LogP contribution in [0.25, 0.3) is 0 Å². The maximum atomic E-state index is 11.5. The summed E-state index contributed by atoms with van der Waals surface area (Å²) >= 11 is 0. The number of nitrogens with zero attached hydrogens (tertiary/aromatic N) is 1. The number of amides is 1. The first kappa shape index (κ1) is 12.2. The number of rotatable bonds is 6. The summed E-state index contributed by atoms with van der Waals surface area (Å²) in [7, 11) is 1.95. The fourth-order valence-corrected chi connectivity index (χ4v) is 2.00. The van der Waals surface area contributed by atoms with Crippen molar-refractivity contribution in [1.82, 2.24) is 15.5 Å². The fraction of sp³-hybridized carbons (Fsp3) is 0.727. The van der Waals surface area contributed by atoms with Gasteiger partial charge in [0.1, 0.15) is 0 Å². The number of hydrogen-bond donors (Lipinski definition) is 2. The first-order valence-electron chi connectivity index (χ1n) is 5.54. The molecule has 1 aliphatic heterocycles. The van der Waals surface area contributed by atoms with Crippen LogP contribution in [0.15, 0.2) is 12.7 Å². The maximum Gasteiger partial charge on any atom is 0.234 e. The van der Waals surface area contributed by atoms with Gasteiger partial charge in [0.25, 0.3) is 0 Å². The van der Waals surface area contributed by atoms with Gasteiger partial charge in [-0.2, -0.15) is 0 Å². The van der Waals surface area contributed by atoms with Crippen LogP contribution < -0.4 is 10.6 Å². The quantitative estimate of drug-likeness (QED) is 0.607. The first-order chi connectivity index (χ1) is 7.27.